The van der Waals surface area contributed by atoms with E-state index in [1.54, 1.807) is 0 Å². The van der Waals surface area contributed by atoms with Crippen molar-refractivity contribution in [2.24, 2.45) is 0 Å². The minimum absolute atomic E-state index is 0.485. The molecular formula is C23H37NO3S. The Morgan fingerprint density at radius 1 is 1.04 bits per heavy atom. The fourth-order valence-electron chi connectivity index (χ4n) is 3.41. The molecule has 0 bridgehead atoms. The predicted molar refractivity (Wildman–Crippen MR) is 119 cm³/mol. The number of unbranched alkanes of at least 4 members (excludes halogenated alkanes) is 9. The first-order valence-corrected chi connectivity index (χ1v) is 11.8. The molecule has 0 radical (unpaired) electrons. The summed E-state index contributed by atoms with van der Waals surface area (Å²) in [6, 6.07) is 7.90. The molecule has 1 aromatic rings. The molecule has 158 valence electrons. The topological polar surface area (TPSA) is 66.4 Å². The third-order valence-electron chi connectivity index (χ3n) is 4.98. The molecule has 28 heavy (non-hydrogen) atoms. The van der Waals surface area contributed by atoms with Gasteiger partial charge in [-0.15, -0.1) is 11.8 Å². The number of carboxylic acid groups (broad SMARTS) is 1. The minimum Gasteiger partial charge on any atom is -0.480 e. The number of hydrogen-bond acceptors (Lipinski definition) is 3. The summed E-state index contributed by atoms with van der Waals surface area (Å²) in [6.45, 7) is 2.74. The van der Waals surface area contributed by atoms with Crippen LogP contribution in [0.3, 0.4) is 0 Å². The van der Waals surface area contributed by atoms with Crippen molar-refractivity contribution in [2.75, 3.05) is 12.3 Å². The number of carboxylic acids is 1. The summed E-state index contributed by atoms with van der Waals surface area (Å²) < 4.78 is 0. The molecular weight excluding hydrogens is 370 g/mol. The molecule has 0 aliphatic heterocycles. The van der Waals surface area contributed by atoms with Crippen LogP contribution in [0.15, 0.2) is 24.3 Å². The number of hydrogen-bond donors (Lipinski definition) is 2. The normalized spacial score (nSPS) is 11.9. The van der Waals surface area contributed by atoms with Crippen LogP contribution in [0.2, 0.25) is 0 Å². The number of aryl methyl sites for hydroxylation is 1. The number of benzene rings is 1. The maximum atomic E-state index is 11.7. The highest BCUT2D eigenvalue weighted by Gasteiger charge is 2.22. The zero-order chi connectivity index (χ0) is 20.5. The molecule has 4 nitrogen and oxygen atoms in total. The molecule has 1 rings (SSSR count). The lowest BCUT2D eigenvalue weighted by Gasteiger charge is -2.16. The monoisotopic (exact) mass is 407 g/mol. The van der Waals surface area contributed by atoms with Gasteiger partial charge in [0.25, 0.3) is 0 Å². The largest absolute Gasteiger partial charge is 0.480 e. The summed E-state index contributed by atoms with van der Waals surface area (Å²) in [4.78, 5) is 22.1. The van der Waals surface area contributed by atoms with Gasteiger partial charge in [0.15, 0.2) is 0 Å². The van der Waals surface area contributed by atoms with Crippen LogP contribution in [0.25, 0.3) is 0 Å². The quantitative estimate of drug-likeness (QED) is 0.240. The first kappa shape index (κ1) is 24.5. The highest BCUT2D eigenvalue weighted by atomic mass is 32.2. The van der Waals surface area contributed by atoms with E-state index in [0.717, 1.165) is 24.0 Å². The number of thioether (sulfide) groups is 1. The summed E-state index contributed by atoms with van der Waals surface area (Å²) in [6.07, 6.45) is 14.6. The van der Waals surface area contributed by atoms with Gasteiger partial charge in [0.1, 0.15) is 5.25 Å². The van der Waals surface area contributed by atoms with Gasteiger partial charge in [0, 0.05) is 12.3 Å². The maximum Gasteiger partial charge on any atom is 0.321 e. The number of amides is 1. The Morgan fingerprint density at radius 3 is 2.25 bits per heavy atom. The van der Waals surface area contributed by atoms with Gasteiger partial charge in [-0.25, -0.2) is 0 Å². The zero-order valence-electron chi connectivity index (χ0n) is 17.3. The second-order valence-electron chi connectivity index (χ2n) is 7.29. The first-order valence-electron chi connectivity index (χ1n) is 10.8. The van der Waals surface area contributed by atoms with E-state index in [1.807, 2.05) is 18.2 Å². The van der Waals surface area contributed by atoms with Crippen LogP contribution >= 0.6 is 11.8 Å². The molecule has 0 saturated carbocycles. The predicted octanol–water partition coefficient (Wildman–Crippen LogP) is 5.75. The summed E-state index contributed by atoms with van der Waals surface area (Å²) >= 11 is 1.37. The lowest BCUT2D eigenvalue weighted by atomic mass is 9.98. The standard InChI is InChI=1S/C23H37NO3S/c1-2-3-4-5-6-7-8-9-10-11-14-20-15-12-13-16-21(20)22(23(26)27)28-18-17-24-19-25/h12-13,15-16,19,22H,2-11,14,17-18H2,1H3,(H,24,25)(H,26,27). The van der Waals surface area contributed by atoms with Crippen molar-refractivity contribution < 1.29 is 14.7 Å². The van der Waals surface area contributed by atoms with Gasteiger partial charge in [0.05, 0.1) is 0 Å². The average Bonchev–Trinajstić information content (AvgIpc) is 2.70. The average molecular weight is 408 g/mol. The van der Waals surface area contributed by atoms with E-state index < -0.39 is 11.2 Å². The maximum absolute atomic E-state index is 11.7. The SMILES string of the molecule is CCCCCCCCCCCCc1ccccc1C(SCCNC=O)C(=O)O. The van der Waals surface area contributed by atoms with Gasteiger partial charge in [-0.05, 0) is 24.0 Å². The van der Waals surface area contributed by atoms with Gasteiger partial charge in [-0.1, -0.05) is 89.0 Å². The van der Waals surface area contributed by atoms with Crippen molar-refractivity contribution in [3.8, 4) is 0 Å². The fraction of sp³-hybridized carbons (Fsp3) is 0.652. The Balaban J connectivity index is 2.37. The second kappa shape index (κ2) is 16.5. The van der Waals surface area contributed by atoms with Gasteiger partial charge < -0.3 is 10.4 Å². The number of carbonyl (C=O) groups excluding carboxylic acids is 1. The lowest BCUT2D eigenvalue weighted by molar-refractivity contribution is -0.136. The molecule has 0 heterocycles. The Bertz CT molecular complexity index is 550. The number of nitrogens with one attached hydrogen (secondary N) is 1. The molecule has 1 aromatic carbocycles. The van der Waals surface area contributed by atoms with Crippen molar-refractivity contribution in [3.05, 3.63) is 35.4 Å². The molecule has 0 aromatic heterocycles. The number of rotatable bonds is 18. The highest BCUT2D eigenvalue weighted by molar-refractivity contribution is 8.00. The van der Waals surface area contributed by atoms with Crippen LogP contribution in [0.1, 0.15) is 87.5 Å². The van der Waals surface area contributed by atoms with Crippen LogP contribution < -0.4 is 5.32 Å². The van der Waals surface area contributed by atoms with Crippen LogP contribution in [-0.2, 0) is 16.0 Å². The van der Waals surface area contributed by atoms with Crippen molar-refractivity contribution in [2.45, 2.75) is 82.8 Å². The highest BCUT2D eigenvalue weighted by Crippen LogP contribution is 2.32. The molecule has 1 unspecified atom stereocenters. The van der Waals surface area contributed by atoms with Gasteiger partial charge in [0.2, 0.25) is 6.41 Å². The van der Waals surface area contributed by atoms with Crippen LogP contribution in [0.5, 0.6) is 0 Å². The van der Waals surface area contributed by atoms with E-state index in [0.29, 0.717) is 18.7 Å². The van der Waals surface area contributed by atoms with Gasteiger partial charge >= 0.3 is 5.97 Å². The van der Waals surface area contributed by atoms with Crippen molar-refractivity contribution in [1.82, 2.24) is 5.32 Å². The second-order valence-corrected chi connectivity index (χ2v) is 8.50. The van der Waals surface area contributed by atoms with E-state index in [2.05, 4.69) is 18.3 Å². The van der Waals surface area contributed by atoms with E-state index >= 15 is 0 Å². The van der Waals surface area contributed by atoms with E-state index in [-0.39, 0.29) is 0 Å². The Kier molecular flexibility index (Phi) is 14.4. The molecule has 1 amide bonds. The van der Waals surface area contributed by atoms with Crippen LogP contribution in [0.4, 0.5) is 0 Å². The zero-order valence-corrected chi connectivity index (χ0v) is 18.1. The molecule has 0 saturated heterocycles. The van der Waals surface area contributed by atoms with Crippen molar-refractivity contribution >= 4 is 24.1 Å². The van der Waals surface area contributed by atoms with E-state index in [1.165, 1.54) is 69.5 Å². The Morgan fingerprint density at radius 2 is 1.64 bits per heavy atom. The molecule has 0 fully saturated rings. The van der Waals surface area contributed by atoms with Crippen LogP contribution in [-0.4, -0.2) is 29.8 Å². The van der Waals surface area contributed by atoms with Gasteiger partial charge in [-0.3, -0.25) is 9.59 Å². The summed E-state index contributed by atoms with van der Waals surface area (Å²) in [5.41, 5.74) is 2.05. The van der Waals surface area contributed by atoms with Gasteiger partial charge in [-0.2, -0.15) is 0 Å². The third kappa shape index (κ3) is 10.7. The molecule has 0 spiro atoms. The molecule has 0 aliphatic rings. The third-order valence-corrected chi connectivity index (χ3v) is 6.20. The van der Waals surface area contributed by atoms with Crippen molar-refractivity contribution in [1.29, 1.82) is 0 Å². The lowest BCUT2D eigenvalue weighted by Crippen LogP contribution is -2.17. The summed E-state index contributed by atoms with van der Waals surface area (Å²) in [5.74, 6) is -0.228. The minimum atomic E-state index is -0.813. The van der Waals surface area contributed by atoms with Crippen molar-refractivity contribution in [3.63, 3.8) is 0 Å². The Hall–Kier alpha value is -1.49. The molecule has 2 N–H and O–H groups in total. The summed E-state index contributed by atoms with van der Waals surface area (Å²) in [5, 5.41) is 11.7. The molecule has 1 atom stereocenters. The fourth-order valence-corrected chi connectivity index (χ4v) is 4.43. The smallest absolute Gasteiger partial charge is 0.321 e. The number of carbonyl (C=O) groups is 2. The van der Waals surface area contributed by atoms with E-state index in [4.69, 9.17) is 0 Å². The molecule has 0 aliphatic carbocycles. The summed E-state index contributed by atoms with van der Waals surface area (Å²) in [7, 11) is 0. The van der Waals surface area contributed by atoms with Crippen LogP contribution in [0, 0.1) is 0 Å². The Labute approximate surface area is 174 Å². The van der Waals surface area contributed by atoms with E-state index in [9.17, 15) is 14.7 Å². The molecule has 5 heteroatoms. The first-order chi connectivity index (χ1) is 13.7. The number of aliphatic carboxylic acids is 1.